The summed E-state index contributed by atoms with van der Waals surface area (Å²) in [5.74, 6) is -1.30. The van der Waals surface area contributed by atoms with Gasteiger partial charge in [-0.05, 0) is 57.5 Å². The van der Waals surface area contributed by atoms with Gasteiger partial charge in [-0.2, -0.15) is 5.26 Å². The number of ketones is 1. The average molecular weight is 398 g/mol. The number of rotatable bonds is 8. The molecule has 0 radical (unpaired) electrons. The summed E-state index contributed by atoms with van der Waals surface area (Å²) in [5, 5.41) is 8.76. The number of ether oxygens (including phenoxy) is 3. The van der Waals surface area contributed by atoms with Crippen LogP contribution in [0.3, 0.4) is 0 Å². The number of H-pyrrole nitrogens is 1. The topological polar surface area (TPSA) is 118 Å². The molecule has 0 spiro atoms. The van der Waals surface area contributed by atoms with E-state index in [2.05, 4.69) is 4.98 Å². The number of esters is 2. The molecule has 1 aromatic heterocycles. The number of hydrogen-bond donors (Lipinski definition) is 1. The zero-order chi connectivity index (χ0) is 21.6. The zero-order valence-electron chi connectivity index (χ0n) is 16.7. The molecule has 0 bridgehead atoms. The Balaban J connectivity index is 1.99. The molecule has 1 N–H and O–H groups in total. The second-order valence-corrected chi connectivity index (χ2v) is 6.27. The van der Waals surface area contributed by atoms with Crippen LogP contribution in [0.4, 0.5) is 0 Å². The standard InChI is InChI=1S/C21H22N2O6/c1-5-27-21(26)18-12(2)19(23-13(18)3)20(25)14(4)29-17(24)11-28-16-8-6-15(10-22)7-9-16/h6-9,14,23H,5,11H2,1-4H3/t14-/m1/s1. The summed E-state index contributed by atoms with van der Waals surface area (Å²) >= 11 is 0. The van der Waals surface area contributed by atoms with Gasteiger partial charge in [0.15, 0.2) is 12.7 Å². The van der Waals surface area contributed by atoms with Crippen LogP contribution in [0.1, 0.15) is 51.5 Å². The molecule has 0 saturated heterocycles. The fourth-order valence-corrected chi connectivity index (χ4v) is 2.76. The SMILES string of the molecule is CCOC(=O)c1c(C)[nH]c(C(=O)[C@@H](C)OC(=O)COc2ccc(C#N)cc2)c1C. The highest BCUT2D eigenvalue weighted by Gasteiger charge is 2.27. The van der Waals surface area contributed by atoms with Gasteiger partial charge in [0.05, 0.1) is 29.5 Å². The van der Waals surface area contributed by atoms with E-state index in [1.54, 1.807) is 45.0 Å². The van der Waals surface area contributed by atoms with E-state index < -0.39 is 23.8 Å². The second kappa shape index (κ2) is 9.55. The van der Waals surface area contributed by atoms with Crippen molar-refractivity contribution in [1.82, 2.24) is 4.98 Å². The lowest BCUT2D eigenvalue weighted by Crippen LogP contribution is -2.28. The molecule has 0 aliphatic carbocycles. The number of aromatic amines is 1. The molecule has 2 aromatic rings. The highest BCUT2D eigenvalue weighted by molar-refractivity contribution is 6.04. The van der Waals surface area contributed by atoms with Crippen LogP contribution >= 0.6 is 0 Å². The van der Waals surface area contributed by atoms with E-state index in [0.717, 1.165) is 0 Å². The van der Waals surface area contributed by atoms with Gasteiger partial charge >= 0.3 is 11.9 Å². The van der Waals surface area contributed by atoms with E-state index in [1.807, 2.05) is 6.07 Å². The summed E-state index contributed by atoms with van der Waals surface area (Å²) in [4.78, 5) is 39.6. The van der Waals surface area contributed by atoms with Crippen LogP contribution in [0.2, 0.25) is 0 Å². The van der Waals surface area contributed by atoms with Crippen LogP contribution in [-0.2, 0) is 14.3 Å². The lowest BCUT2D eigenvalue weighted by Gasteiger charge is -2.13. The predicted octanol–water partition coefficient (Wildman–Crippen LogP) is 2.87. The van der Waals surface area contributed by atoms with Gasteiger partial charge in [0.1, 0.15) is 5.75 Å². The molecule has 2 rings (SSSR count). The molecule has 1 atom stereocenters. The van der Waals surface area contributed by atoms with E-state index in [0.29, 0.717) is 28.1 Å². The first-order valence-electron chi connectivity index (χ1n) is 9.01. The Morgan fingerprint density at radius 3 is 2.41 bits per heavy atom. The number of aromatic nitrogens is 1. The third kappa shape index (κ3) is 5.23. The van der Waals surface area contributed by atoms with Crippen molar-refractivity contribution in [2.24, 2.45) is 0 Å². The normalized spacial score (nSPS) is 11.3. The van der Waals surface area contributed by atoms with E-state index in [1.165, 1.54) is 6.92 Å². The van der Waals surface area contributed by atoms with Crippen LogP contribution < -0.4 is 4.74 Å². The number of nitrogens with zero attached hydrogens (tertiary/aromatic N) is 1. The lowest BCUT2D eigenvalue weighted by atomic mass is 10.1. The second-order valence-electron chi connectivity index (χ2n) is 6.27. The summed E-state index contributed by atoms with van der Waals surface area (Å²) < 4.78 is 15.4. The van der Waals surface area contributed by atoms with Crippen molar-refractivity contribution in [1.29, 1.82) is 5.26 Å². The molecule has 152 valence electrons. The Labute approximate surface area is 168 Å². The van der Waals surface area contributed by atoms with E-state index >= 15 is 0 Å². The summed E-state index contributed by atoms with van der Waals surface area (Å²) in [6, 6.07) is 8.22. The number of benzene rings is 1. The van der Waals surface area contributed by atoms with Crippen molar-refractivity contribution in [3.63, 3.8) is 0 Å². The van der Waals surface area contributed by atoms with Crippen molar-refractivity contribution in [3.05, 3.63) is 52.3 Å². The van der Waals surface area contributed by atoms with E-state index in [4.69, 9.17) is 19.5 Å². The van der Waals surface area contributed by atoms with E-state index in [-0.39, 0.29) is 18.9 Å². The van der Waals surface area contributed by atoms with Crippen LogP contribution in [0.25, 0.3) is 0 Å². The van der Waals surface area contributed by atoms with Gasteiger partial charge in [0.2, 0.25) is 5.78 Å². The first-order valence-corrected chi connectivity index (χ1v) is 9.01. The number of aryl methyl sites for hydroxylation is 1. The Hall–Kier alpha value is -3.60. The smallest absolute Gasteiger partial charge is 0.344 e. The molecule has 0 aliphatic rings. The summed E-state index contributed by atoms with van der Waals surface area (Å²) in [7, 11) is 0. The maximum Gasteiger partial charge on any atom is 0.344 e. The minimum atomic E-state index is -1.07. The van der Waals surface area contributed by atoms with Crippen molar-refractivity contribution >= 4 is 17.7 Å². The van der Waals surface area contributed by atoms with Crippen molar-refractivity contribution in [2.45, 2.75) is 33.8 Å². The zero-order valence-corrected chi connectivity index (χ0v) is 16.7. The van der Waals surface area contributed by atoms with Gasteiger partial charge in [0, 0.05) is 5.69 Å². The van der Waals surface area contributed by atoms with Gasteiger partial charge in [-0.15, -0.1) is 0 Å². The first-order chi connectivity index (χ1) is 13.8. The maximum atomic E-state index is 12.7. The average Bonchev–Trinajstić information content (AvgIpc) is 3.00. The minimum absolute atomic E-state index is 0.193. The monoisotopic (exact) mass is 398 g/mol. The number of Topliss-reactive ketones (excluding diaryl/α,β-unsaturated/α-hetero) is 1. The Bertz CT molecular complexity index is 953. The fourth-order valence-electron chi connectivity index (χ4n) is 2.76. The number of carbonyl (C=O) groups excluding carboxylic acids is 3. The van der Waals surface area contributed by atoms with Gasteiger partial charge in [-0.1, -0.05) is 0 Å². The number of nitriles is 1. The molecule has 8 heteroatoms. The minimum Gasteiger partial charge on any atom is -0.482 e. The molecule has 0 fully saturated rings. The molecule has 0 unspecified atom stereocenters. The van der Waals surface area contributed by atoms with Gasteiger partial charge < -0.3 is 19.2 Å². The van der Waals surface area contributed by atoms with Crippen molar-refractivity contribution < 1.29 is 28.6 Å². The third-order valence-corrected chi connectivity index (χ3v) is 4.18. The molecule has 0 aliphatic heterocycles. The Morgan fingerprint density at radius 2 is 1.83 bits per heavy atom. The largest absolute Gasteiger partial charge is 0.482 e. The predicted molar refractivity (Wildman–Crippen MR) is 103 cm³/mol. The Kier molecular flexibility index (Phi) is 7.15. The fraction of sp³-hybridized carbons (Fsp3) is 0.333. The molecule has 1 heterocycles. The number of carbonyl (C=O) groups is 3. The summed E-state index contributed by atoms with van der Waals surface area (Å²) in [5.41, 5.74) is 1.92. The van der Waals surface area contributed by atoms with Gasteiger partial charge in [-0.3, -0.25) is 4.79 Å². The van der Waals surface area contributed by atoms with E-state index in [9.17, 15) is 14.4 Å². The van der Waals surface area contributed by atoms with Crippen molar-refractivity contribution in [2.75, 3.05) is 13.2 Å². The summed E-state index contributed by atoms with van der Waals surface area (Å²) in [6.07, 6.45) is -1.07. The highest BCUT2D eigenvalue weighted by atomic mass is 16.6. The number of nitrogens with one attached hydrogen (secondary N) is 1. The molecule has 0 saturated carbocycles. The molecule has 29 heavy (non-hydrogen) atoms. The first kappa shape index (κ1) is 21.7. The maximum absolute atomic E-state index is 12.7. The van der Waals surface area contributed by atoms with Crippen LogP contribution in [0, 0.1) is 25.2 Å². The van der Waals surface area contributed by atoms with Gasteiger partial charge in [0.25, 0.3) is 0 Å². The van der Waals surface area contributed by atoms with Gasteiger partial charge in [-0.25, -0.2) is 9.59 Å². The summed E-state index contributed by atoms with van der Waals surface area (Å²) in [6.45, 7) is 6.27. The molecule has 0 amide bonds. The molecule has 8 nitrogen and oxygen atoms in total. The Morgan fingerprint density at radius 1 is 1.17 bits per heavy atom. The van der Waals surface area contributed by atoms with Crippen LogP contribution in [0.15, 0.2) is 24.3 Å². The number of hydrogen-bond acceptors (Lipinski definition) is 7. The highest BCUT2D eigenvalue weighted by Crippen LogP contribution is 2.21. The molecular weight excluding hydrogens is 376 g/mol. The lowest BCUT2D eigenvalue weighted by molar-refractivity contribution is -0.148. The van der Waals surface area contributed by atoms with Crippen molar-refractivity contribution in [3.8, 4) is 11.8 Å². The van der Waals surface area contributed by atoms with Crippen LogP contribution in [-0.4, -0.2) is 42.0 Å². The quantitative estimate of drug-likeness (QED) is 0.536. The molecular formula is C21H22N2O6. The third-order valence-electron chi connectivity index (χ3n) is 4.18. The van der Waals surface area contributed by atoms with Crippen LogP contribution in [0.5, 0.6) is 5.75 Å². The molecule has 1 aromatic carbocycles.